The second-order valence-electron chi connectivity index (χ2n) is 7.36. The minimum atomic E-state index is -0.219. The van der Waals surface area contributed by atoms with Gasteiger partial charge in [-0.05, 0) is 63.4 Å². The molecule has 0 spiro atoms. The van der Waals surface area contributed by atoms with E-state index in [4.69, 9.17) is 0 Å². The lowest BCUT2D eigenvalue weighted by Gasteiger charge is -2.37. The number of aliphatic hydroxyl groups is 1. The van der Waals surface area contributed by atoms with E-state index in [0.717, 1.165) is 19.3 Å². The van der Waals surface area contributed by atoms with Crippen molar-refractivity contribution >= 4 is 0 Å². The van der Waals surface area contributed by atoms with Gasteiger partial charge in [0.15, 0.2) is 0 Å². The second-order valence-corrected chi connectivity index (χ2v) is 7.36. The molecule has 1 atom stereocenters. The fourth-order valence-corrected chi connectivity index (χ4v) is 4.05. The minimum absolute atomic E-state index is 0.219. The lowest BCUT2D eigenvalue weighted by Crippen LogP contribution is -2.25. The Morgan fingerprint density at radius 1 is 1.21 bits per heavy atom. The van der Waals surface area contributed by atoms with Crippen molar-refractivity contribution in [1.82, 2.24) is 4.57 Å². The minimum Gasteiger partial charge on any atom is -0.388 e. The third-order valence-electron chi connectivity index (χ3n) is 5.29. The standard InChI is InChI=1S/C17H27NO/c1-12-11-14-15(5-4-6-16(14)19)18(12)13-7-9-17(2,3)10-8-13/h11,13,16,19H,4-10H2,1-3H3. The Labute approximate surface area is 116 Å². The highest BCUT2D eigenvalue weighted by Gasteiger charge is 2.31. The smallest absolute Gasteiger partial charge is 0.0807 e. The topological polar surface area (TPSA) is 25.2 Å². The maximum Gasteiger partial charge on any atom is 0.0807 e. The SMILES string of the molecule is Cc1cc2c(n1C1CCC(C)(C)CC1)CCCC2O. The highest BCUT2D eigenvalue weighted by Crippen LogP contribution is 2.43. The quantitative estimate of drug-likeness (QED) is 0.800. The van der Waals surface area contributed by atoms with E-state index >= 15 is 0 Å². The van der Waals surface area contributed by atoms with Gasteiger partial charge in [0.25, 0.3) is 0 Å². The molecule has 2 aliphatic carbocycles. The summed E-state index contributed by atoms with van der Waals surface area (Å²) in [7, 11) is 0. The molecule has 1 aromatic heterocycles. The molecule has 0 bridgehead atoms. The summed E-state index contributed by atoms with van der Waals surface area (Å²) in [6, 6.07) is 2.90. The van der Waals surface area contributed by atoms with Crippen LogP contribution in [0.25, 0.3) is 0 Å². The molecule has 1 saturated carbocycles. The van der Waals surface area contributed by atoms with Crippen LogP contribution in [0.1, 0.15) is 81.5 Å². The van der Waals surface area contributed by atoms with Gasteiger partial charge in [-0.25, -0.2) is 0 Å². The highest BCUT2D eigenvalue weighted by molar-refractivity contribution is 5.32. The van der Waals surface area contributed by atoms with Crippen molar-refractivity contribution in [3.8, 4) is 0 Å². The normalized spacial score (nSPS) is 27.3. The summed E-state index contributed by atoms with van der Waals surface area (Å²) in [6.45, 7) is 7.00. The summed E-state index contributed by atoms with van der Waals surface area (Å²) in [4.78, 5) is 0. The van der Waals surface area contributed by atoms with Crippen LogP contribution in [0.4, 0.5) is 0 Å². The Morgan fingerprint density at radius 3 is 2.58 bits per heavy atom. The van der Waals surface area contributed by atoms with E-state index in [1.807, 2.05) is 0 Å². The average molecular weight is 261 g/mol. The van der Waals surface area contributed by atoms with Crippen LogP contribution in [0.15, 0.2) is 6.07 Å². The molecule has 2 heteroatoms. The molecule has 0 saturated heterocycles. The summed E-state index contributed by atoms with van der Waals surface area (Å²) >= 11 is 0. The molecule has 1 aromatic rings. The van der Waals surface area contributed by atoms with Gasteiger partial charge in [-0.2, -0.15) is 0 Å². The molecule has 0 radical (unpaired) electrons. The zero-order valence-electron chi connectivity index (χ0n) is 12.6. The second kappa shape index (κ2) is 4.66. The predicted octanol–water partition coefficient (Wildman–Crippen LogP) is 4.31. The van der Waals surface area contributed by atoms with Gasteiger partial charge in [-0.3, -0.25) is 0 Å². The largest absolute Gasteiger partial charge is 0.388 e. The van der Waals surface area contributed by atoms with E-state index in [9.17, 15) is 5.11 Å². The Hall–Kier alpha value is -0.760. The number of hydrogen-bond donors (Lipinski definition) is 1. The maximum atomic E-state index is 10.2. The van der Waals surface area contributed by atoms with Crippen LogP contribution < -0.4 is 0 Å². The van der Waals surface area contributed by atoms with Crippen molar-refractivity contribution in [1.29, 1.82) is 0 Å². The fourth-order valence-electron chi connectivity index (χ4n) is 4.05. The molecule has 2 aliphatic rings. The van der Waals surface area contributed by atoms with E-state index in [2.05, 4.69) is 31.4 Å². The van der Waals surface area contributed by atoms with E-state index in [-0.39, 0.29) is 6.10 Å². The molecule has 1 unspecified atom stereocenters. The van der Waals surface area contributed by atoms with Gasteiger partial charge in [-0.15, -0.1) is 0 Å². The van der Waals surface area contributed by atoms with Crippen molar-refractivity contribution in [3.05, 3.63) is 23.0 Å². The molecule has 1 heterocycles. The summed E-state index contributed by atoms with van der Waals surface area (Å²) in [5, 5.41) is 10.2. The van der Waals surface area contributed by atoms with Crippen molar-refractivity contribution in [2.45, 2.75) is 77.9 Å². The van der Waals surface area contributed by atoms with Gasteiger partial charge >= 0.3 is 0 Å². The summed E-state index contributed by atoms with van der Waals surface area (Å²) in [6.07, 6.45) is 8.25. The van der Waals surface area contributed by atoms with E-state index < -0.39 is 0 Å². The Kier molecular flexibility index (Phi) is 3.24. The molecule has 0 aliphatic heterocycles. The molecular weight excluding hydrogens is 234 g/mol. The van der Waals surface area contributed by atoms with Gasteiger partial charge in [0.1, 0.15) is 0 Å². The van der Waals surface area contributed by atoms with Crippen LogP contribution in [-0.4, -0.2) is 9.67 Å². The number of aryl methyl sites for hydroxylation is 1. The van der Waals surface area contributed by atoms with Crippen LogP contribution in [0.2, 0.25) is 0 Å². The van der Waals surface area contributed by atoms with Crippen molar-refractivity contribution in [3.63, 3.8) is 0 Å². The number of nitrogens with zero attached hydrogens (tertiary/aromatic N) is 1. The molecule has 3 rings (SSSR count). The Balaban J connectivity index is 1.89. The van der Waals surface area contributed by atoms with E-state index in [1.165, 1.54) is 42.6 Å². The first-order chi connectivity index (χ1) is 8.98. The number of fused-ring (bicyclic) bond motifs is 1. The molecule has 106 valence electrons. The average Bonchev–Trinajstić information content (AvgIpc) is 2.68. The molecule has 0 aromatic carbocycles. The van der Waals surface area contributed by atoms with Gasteiger partial charge in [0.2, 0.25) is 0 Å². The summed E-state index contributed by atoms with van der Waals surface area (Å²) in [5.41, 5.74) is 4.53. The van der Waals surface area contributed by atoms with E-state index in [1.54, 1.807) is 0 Å². The zero-order chi connectivity index (χ0) is 13.6. The fraction of sp³-hybridized carbons (Fsp3) is 0.765. The first-order valence-corrected chi connectivity index (χ1v) is 7.87. The number of rotatable bonds is 1. The third kappa shape index (κ3) is 2.35. The Morgan fingerprint density at radius 2 is 1.89 bits per heavy atom. The summed E-state index contributed by atoms with van der Waals surface area (Å²) < 4.78 is 2.56. The Bertz CT molecular complexity index is 462. The zero-order valence-corrected chi connectivity index (χ0v) is 12.6. The van der Waals surface area contributed by atoms with E-state index in [0.29, 0.717) is 11.5 Å². The van der Waals surface area contributed by atoms with Gasteiger partial charge in [0.05, 0.1) is 6.10 Å². The number of aliphatic hydroxyl groups excluding tert-OH is 1. The molecule has 1 N–H and O–H groups in total. The van der Waals surface area contributed by atoms with Gasteiger partial charge in [-0.1, -0.05) is 13.8 Å². The van der Waals surface area contributed by atoms with Crippen molar-refractivity contribution in [2.24, 2.45) is 5.41 Å². The maximum absolute atomic E-state index is 10.2. The monoisotopic (exact) mass is 261 g/mol. The molecule has 1 fully saturated rings. The van der Waals surface area contributed by atoms with Gasteiger partial charge < -0.3 is 9.67 Å². The van der Waals surface area contributed by atoms with Crippen LogP contribution in [0.5, 0.6) is 0 Å². The molecule has 2 nitrogen and oxygen atoms in total. The van der Waals surface area contributed by atoms with Crippen LogP contribution in [0, 0.1) is 12.3 Å². The van der Waals surface area contributed by atoms with Gasteiger partial charge in [0, 0.05) is 23.0 Å². The predicted molar refractivity (Wildman–Crippen MR) is 78.4 cm³/mol. The lowest BCUT2D eigenvalue weighted by molar-refractivity contribution is 0.152. The first-order valence-electron chi connectivity index (χ1n) is 7.87. The van der Waals surface area contributed by atoms with Crippen molar-refractivity contribution < 1.29 is 5.11 Å². The molecular formula is C17H27NO. The first kappa shape index (κ1) is 13.2. The molecule has 0 amide bonds. The number of hydrogen-bond acceptors (Lipinski definition) is 1. The van der Waals surface area contributed by atoms with Crippen LogP contribution >= 0.6 is 0 Å². The summed E-state index contributed by atoms with van der Waals surface area (Å²) in [5.74, 6) is 0. The molecule has 19 heavy (non-hydrogen) atoms. The van der Waals surface area contributed by atoms with Crippen LogP contribution in [0.3, 0.4) is 0 Å². The third-order valence-corrected chi connectivity index (χ3v) is 5.29. The van der Waals surface area contributed by atoms with Crippen LogP contribution in [-0.2, 0) is 6.42 Å². The lowest BCUT2D eigenvalue weighted by atomic mass is 9.75. The number of aromatic nitrogens is 1. The van der Waals surface area contributed by atoms with Crippen molar-refractivity contribution in [2.75, 3.05) is 0 Å². The highest BCUT2D eigenvalue weighted by atomic mass is 16.3.